The molecule has 1 aliphatic rings. The van der Waals surface area contributed by atoms with Gasteiger partial charge in [0.15, 0.2) is 0 Å². The summed E-state index contributed by atoms with van der Waals surface area (Å²) in [5.41, 5.74) is 2.70. The van der Waals surface area contributed by atoms with E-state index in [4.69, 9.17) is 32.7 Å². The van der Waals surface area contributed by atoms with Crippen LogP contribution in [0.1, 0.15) is 21.5 Å². The molecule has 2 heterocycles. The smallest absolute Gasteiger partial charge is 0.254 e. The molecule has 2 aromatic carbocycles. The van der Waals surface area contributed by atoms with Gasteiger partial charge in [0.25, 0.3) is 5.91 Å². The molecule has 184 valence electrons. The van der Waals surface area contributed by atoms with Crippen LogP contribution in [0.25, 0.3) is 0 Å². The van der Waals surface area contributed by atoms with Gasteiger partial charge in [-0.15, -0.1) is 0 Å². The van der Waals surface area contributed by atoms with Crippen LogP contribution in [0.2, 0.25) is 10.0 Å². The molecule has 0 spiro atoms. The van der Waals surface area contributed by atoms with Gasteiger partial charge in [0, 0.05) is 67.1 Å². The molecule has 0 atom stereocenters. The topological polar surface area (TPSA) is 54.9 Å². The minimum Gasteiger partial charge on any atom is -0.495 e. The number of ether oxygens (including phenoxy) is 2. The summed E-state index contributed by atoms with van der Waals surface area (Å²) in [5, 5.41) is 1.20. The molecule has 1 aromatic heterocycles. The van der Waals surface area contributed by atoms with Crippen molar-refractivity contribution < 1.29 is 14.3 Å². The molecule has 3 aromatic rings. The number of hydrogen-bond acceptors (Lipinski definition) is 5. The number of hydrogen-bond donors (Lipinski definition) is 0. The van der Waals surface area contributed by atoms with Crippen LogP contribution in [0, 0.1) is 0 Å². The third-order valence-electron chi connectivity index (χ3n) is 5.93. The van der Waals surface area contributed by atoms with E-state index in [0.717, 1.165) is 25.2 Å². The van der Waals surface area contributed by atoms with E-state index >= 15 is 0 Å². The number of aromatic nitrogens is 1. The SMILES string of the molecule is COc1cc(C(=O)N2CCN(Cc3ccncc3)CC2)cc(OCCc2ccc(Cl)cc2Cl)c1Br. The fourth-order valence-corrected chi connectivity index (χ4v) is 4.99. The fraction of sp³-hybridized carbons (Fsp3) is 0.308. The molecule has 0 bridgehead atoms. The first-order valence-corrected chi connectivity index (χ1v) is 12.8. The summed E-state index contributed by atoms with van der Waals surface area (Å²) in [5.74, 6) is 1.06. The fourth-order valence-electron chi connectivity index (χ4n) is 3.98. The van der Waals surface area contributed by atoms with Crippen LogP contribution in [-0.4, -0.2) is 60.6 Å². The third-order valence-corrected chi connectivity index (χ3v) is 7.30. The van der Waals surface area contributed by atoms with Crippen molar-refractivity contribution in [2.45, 2.75) is 13.0 Å². The monoisotopic (exact) mass is 577 g/mol. The zero-order chi connectivity index (χ0) is 24.8. The number of pyridine rings is 1. The second-order valence-corrected chi connectivity index (χ2v) is 9.89. The predicted molar refractivity (Wildman–Crippen MR) is 142 cm³/mol. The minimum absolute atomic E-state index is 0.0371. The van der Waals surface area contributed by atoms with Crippen LogP contribution in [-0.2, 0) is 13.0 Å². The van der Waals surface area contributed by atoms with E-state index in [1.165, 1.54) is 5.56 Å². The first-order chi connectivity index (χ1) is 16.9. The van der Waals surface area contributed by atoms with Gasteiger partial charge in [-0.05, 0) is 63.5 Å². The molecule has 0 N–H and O–H groups in total. The summed E-state index contributed by atoms with van der Waals surface area (Å²) >= 11 is 15.8. The van der Waals surface area contributed by atoms with Crippen molar-refractivity contribution in [1.29, 1.82) is 0 Å². The Morgan fingerprint density at radius 1 is 1.03 bits per heavy atom. The number of carbonyl (C=O) groups excluding carboxylic acids is 1. The number of carbonyl (C=O) groups is 1. The number of amides is 1. The molecule has 0 saturated carbocycles. The average Bonchev–Trinajstić information content (AvgIpc) is 2.87. The van der Waals surface area contributed by atoms with Gasteiger partial charge in [0.05, 0.1) is 13.7 Å². The van der Waals surface area contributed by atoms with Gasteiger partial charge in [-0.1, -0.05) is 29.3 Å². The van der Waals surface area contributed by atoms with Gasteiger partial charge in [0.2, 0.25) is 0 Å². The normalized spacial score (nSPS) is 14.1. The molecule has 1 aliphatic heterocycles. The van der Waals surface area contributed by atoms with Gasteiger partial charge in [0.1, 0.15) is 16.0 Å². The molecule has 6 nitrogen and oxygen atoms in total. The van der Waals surface area contributed by atoms with Crippen LogP contribution in [0.3, 0.4) is 0 Å². The van der Waals surface area contributed by atoms with E-state index in [0.29, 0.717) is 57.7 Å². The quantitative estimate of drug-likeness (QED) is 0.341. The van der Waals surface area contributed by atoms with Crippen molar-refractivity contribution in [2.24, 2.45) is 0 Å². The maximum Gasteiger partial charge on any atom is 0.254 e. The van der Waals surface area contributed by atoms with Crippen LogP contribution in [0.5, 0.6) is 11.5 Å². The van der Waals surface area contributed by atoms with Crippen molar-refractivity contribution >= 4 is 45.0 Å². The third kappa shape index (κ3) is 6.67. The molecule has 1 amide bonds. The van der Waals surface area contributed by atoms with Gasteiger partial charge < -0.3 is 14.4 Å². The zero-order valence-electron chi connectivity index (χ0n) is 19.3. The highest BCUT2D eigenvalue weighted by molar-refractivity contribution is 9.10. The Morgan fingerprint density at radius 2 is 1.74 bits per heavy atom. The number of piperazine rings is 1. The first-order valence-electron chi connectivity index (χ1n) is 11.3. The number of halogens is 3. The highest BCUT2D eigenvalue weighted by Gasteiger charge is 2.24. The van der Waals surface area contributed by atoms with Crippen LogP contribution in [0.15, 0.2) is 59.3 Å². The highest BCUT2D eigenvalue weighted by atomic mass is 79.9. The van der Waals surface area contributed by atoms with Crippen molar-refractivity contribution in [3.05, 3.63) is 86.1 Å². The summed E-state index contributed by atoms with van der Waals surface area (Å²) in [6.07, 6.45) is 4.21. The Hall–Kier alpha value is -2.32. The molecular formula is C26H26BrCl2N3O3. The Bertz CT molecular complexity index is 1170. The lowest BCUT2D eigenvalue weighted by molar-refractivity contribution is 0.0627. The maximum absolute atomic E-state index is 13.3. The molecular weight excluding hydrogens is 553 g/mol. The molecule has 9 heteroatoms. The Balaban J connectivity index is 1.40. The molecule has 0 unspecified atom stereocenters. The molecule has 4 rings (SSSR count). The van der Waals surface area contributed by atoms with E-state index < -0.39 is 0 Å². The number of methoxy groups -OCH3 is 1. The van der Waals surface area contributed by atoms with Gasteiger partial charge in [-0.2, -0.15) is 0 Å². The molecule has 1 fully saturated rings. The van der Waals surface area contributed by atoms with E-state index in [-0.39, 0.29) is 5.91 Å². The van der Waals surface area contributed by atoms with Crippen molar-refractivity contribution in [2.75, 3.05) is 39.9 Å². The number of rotatable bonds is 8. The lowest BCUT2D eigenvalue weighted by atomic mass is 10.1. The van der Waals surface area contributed by atoms with Crippen LogP contribution in [0.4, 0.5) is 0 Å². The van der Waals surface area contributed by atoms with Gasteiger partial charge in [-0.25, -0.2) is 0 Å². The average molecular weight is 579 g/mol. The van der Waals surface area contributed by atoms with E-state index in [2.05, 4.69) is 25.8 Å². The second kappa shape index (κ2) is 12.1. The van der Waals surface area contributed by atoms with Crippen molar-refractivity contribution in [3.8, 4) is 11.5 Å². The minimum atomic E-state index is -0.0371. The summed E-state index contributed by atoms with van der Waals surface area (Å²) in [6, 6.07) is 13.0. The van der Waals surface area contributed by atoms with Gasteiger partial charge in [-0.3, -0.25) is 14.7 Å². The standard InChI is InChI=1S/C26H26BrCl2N3O3/c1-34-23-14-20(15-24(25(23)27)35-13-6-19-2-3-21(28)16-22(19)29)26(33)32-11-9-31(10-12-32)17-18-4-7-30-8-5-18/h2-5,7-8,14-16H,6,9-13,17H2,1H3. The largest absolute Gasteiger partial charge is 0.495 e. The lowest BCUT2D eigenvalue weighted by Gasteiger charge is -2.35. The second-order valence-electron chi connectivity index (χ2n) is 8.25. The van der Waals surface area contributed by atoms with E-state index in [9.17, 15) is 4.79 Å². The molecule has 0 aliphatic carbocycles. The van der Waals surface area contributed by atoms with Crippen LogP contribution >= 0.6 is 39.1 Å². The van der Waals surface area contributed by atoms with Gasteiger partial charge >= 0.3 is 0 Å². The predicted octanol–water partition coefficient (Wildman–Crippen LogP) is 5.74. The summed E-state index contributed by atoms with van der Waals surface area (Å²) in [6.45, 7) is 4.18. The van der Waals surface area contributed by atoms with Crippen molar-refractivity contribution in [1.82, 2.24) is 14.8 Å². The van der Waals surface area contributed by atoms with E-state index in [1.54, 1.807) is 43.8 Å². The number of benzene rings is 2. The maximum atomic E-state index is 13.3. The van der Waals surface area contributed by atoms with Crippen LogP contribution < -0.4 is 9.47 Å². The first kappa shape index (κ1) is 25.8. The molecule has 0 radical (unpaired) electrons. The molecule has 35 heavy (non-hydrogen) atoms. The Kier molecular flexibility index (Phi) is 8.89. The molecule has 1 saturated heterocycles. The Labute approximate surface area is 223 Å². The summed E-state index contributed by atoms with van der Waals surface area (Å²) in [4.78, 5) is 21.6. The summed E-state index contributed by atoms with van der Waals surface area (Å²) < 4.78 is 12.2. The lowest BCUT2D eigenvalue weighted by Crippen LogP contribution is -2.48. The van der Waals surface area contributed by atoms with Crippen molar-refractivity contribution in [3.63, 3.8) is 0 Å². The summed E-state index contributed by atoms with van der Waals surface area (Å²) in [7, 11) is 1.57. The number of nitrogens with zero attached hydrogens (tertiary/aromatic N) is 3. The Morgan fingerprint density at radius 3 is 2.43 bits per heavy atom. The highest BCUT2D eigenvalue weighted by Crippen LogP contribution is 2.36. The van der Waals surface area contributed by atoms with E-state index in [1.807, 2.05) is 23.1 Å². The zero-order valence-corrected chi connectivity index (χ0v) is 22.4.